The highest BCUT2D eigenvalue weighted by Crippen LogP contribution is 2.39. The van der Waals surface area contributed by atoms with E-state index in [9.17, 15) is 5.26 Å². The van der Waals surface area contributed by atoms with Gasteiger partial charge in [-0.1, -0.05) is 13.0 Å². The molecule has 0 spiro atoms. The monoisotopic (exact) mass is 370 g/mol. The lowest BCUT2D eigenvalue weighted by Gasteiger charge is -2.32. The molecule has 0 bridgehead atoms. The molecule has 0 saturated heterocycles. The van der Waals surface area contributed by atoms with Crippen molar-refractivity contribution in [1.29, 1.82) is 5.26 Å². The Bertz CT molecular complexity index is 1190. The Morgan fingerprint density at radius 3 is 3.00 bits per heavy atom. The average Bonchev–Trinajstić information content (AvgIpc) is 3.39. The number of ether oxygens (including phenoxy) is 1. The molecule has 138 valence electrons. The molecule has 0 amide bonds. The minimum atomic E-state index is -0.0467. The third kappa shape index (κ3) is 2.72. The minimum absolute atomic E-state index is 0.0467. The van der Waals surface area contributed by atoms with Crippen LogP contribution in [0.3, 0.4) is 0 Å². The second-order valence-electron chi connectivity index (χ2n) is 7.23. The van der Waals surface area contributed by atoms with Gasteiger partial charge in [0, 0.05) is 5.39 Å². The zero-order valence-corrected chi connectivity index (χ0v) is 15.3. The van der Waals surface area contributed by atoms with Crippen molar-refractivity contribution in [1.82, 2.24) is 15.2 Å². The molecule has 28 heavy (non-hydrogen) atoms. The zero-order valence-electron chi connectivity index (χ0n) is 15.3. The summed E-state index contributed by atoms with van der Waals surface area (Å²) in [5.41, 5.74) is 4.70. The van der Waals surface area contributed by atoms with Gasteiger partial charge in [0.05, 0.1) is 23.3 Å². The summed E-state index contributed by atoms with van der Waals surface area (Å²) in [5.74, 6) is 1.78. The normalized spacial score (nSPS) is 18.6. The van der Waals surface area contributed by atoms with Gasteiger partial charge in [0.1, 0.15) is 17.5 Å². The molecule has 6 nitrogen and oxygen atoms in total. The van der Waals surface area contributed by atoms with E-state index in [1.165, 1.54) is 17.5 Å². The van der Waals surface area contributed by atoms with E-state index in [1.807, 2.05) is 36.4 Å². The van der Waals surface area contributed by atoms with Crippen LogP contribution in [0.25, 0.3) is 22.4 Å². The Morgan fingerprint density at radius 1 is 1.25 bits per heavy atom. The molecule has 1 aliphatic rings. The molecule has 2 heterocycles. The molecule has 4 aromatic rings. The number of aromatic nitrogens is 3. The highest BCUT2D eigenvalue weighted by Gasteiger charge is 2.28. The van der Waals surface area contributed by atoms with Gasteiger partial charge in [-0.2, -0.15) is 10.4 Å². The van der Waals surface area contributed by atoms with Crippen LogP contribution in [0.4, 0.5) is 0 Å². The van der Waals surface area contributed by atoms with Gasteiger partial charge < -0.3 is 9.15 Å². The van der Waals surface area contributed by atoms with Crippen molar-refractivity contribution >= 4 is 10.9 Å². The first-order chi connectivity index (χ1) is 13.7. The lowest BCUT2D eigenvalue weighted by atomic mass is 9.81. The van der Waals surface area contributed by atoms with Crippen molar-refractivity contribution < 1.29 is 9.15 Å². The molecule has 0 saturated carbocycles. The van der Waals surface area contributed by atoms with E-state index in [0.717, 1.165) is 29.5 Å². The van der Waals surface area contributed by atoms with Crippen molar-refractivity contribution in [3.05, 3.63) is 65.7 Å². The van der Waals surface area contributed by atoms with Crippen molar-refractivity contribution in [2.24, 2.45) is 5.92 Å². The van der Waals surface area contributed by atoms with Gasteiger partial charge in [-0.3, -0.25) is 5.10 Å². The van der Waals surface area contributed by atoms with Crippen LogP contribution in [-0.2, 0) is 6.42 Å². The molecule has 0 aliphatic heterocycles. The van der Waals surface area contributed by atoms with Crippen LogP contribution in [0.15, 0.2) is 53.4 Å². The zero-order chi connectivity index (χ0) is 19.1. The largest absolute Gasteiger partial charge is 0.485 e. The minimum Gasteiger partial charge on any atom is -0.485 e. The Kier molecular flexibility index (Phi) is 3.87. The predicted octanol–water partition coefficient (Wildman–Crippen LogP) is 4.79. The Hall–Kier alpha value is -3.59. The second kappa shape index (κ2) is 6.54. The van der Waals surface area contributed by atoms with Gasteiger partial charge in [0.15, 0.2) is 12.2 Å². The summed E-state index contributed by atoms with van der Waals surface area (Å²) in [4.78, 5) is 3.98. The summed E-state index contributed by atoms with van der Waals surface area (Å²) in [7, 11) is 0. The third-order valence-electron chi connectivity index (χ3n) is 5.43. The van der Waals surface area contributed by atoms with Crippen LogP contribution in [0.5, 0.6) is 5.75 Å². The van der Waals surface area contributed by atoms with E-state index < -0.39 is 0 Å². The quantitative estimate of drug-likeness (QED) is 0.560. The number of benzene rings is 2. The number of H-pyrrole nitrogens is 1. The number of rotatable bonds is 3. The van der Waals surface area contributed by atoms with E-state index in [-0.39, 0.29) is 6.10 Å². The third-order valence-corrected chi connectivity index (χ3v) is 5.43. The number of aryl methyl sites for hydroxylation is 1. The van der Waals surface area contributed by atoms with Crippen molar-refractivity contribution in [2.75, 3.05) is 0 Å². The Balaban J connectivity index is 1.52. The first kappa shape index (κ1) is 16.6. The van der Waals surface area contributed by atoms with E-state index in [1.54, 1.807) is 6.20 Å². The van der Waals surface area contributed by atoms with Crippen LogP contribution < -0.4 is 4.74 Å². The van der Waals surface area contributed by atoms with Gasteiger partial charge in [-0.05, 0) is 60.2 Å². The van der Waals surface area contributed by atoms with E-state index >= 15 is 0 Å². The SMILES string of the molecule is C[C@H]1CCc2cc(C#N)ccc2[C@@H]1Oc1ccc2[nH]nc(-c3cnco3)c2c1. The number of nitrogens with one attached hydrogen (secondary N) is 1. The van der Waals surface area contributed by atoms with Gasteiger partial charge in [-0.15, -0.1) is 0 Å². The van der Waals surface area contributed by atoms with Gasteiger partial charge in [-0.25, -0.2) is 4.98 Å². The fraction of sp³-hybridized carbons (Fsp3) is 0.227. The molecule has 6 heteroatoms. The molecule has 2 aromatic heterocycles. The van der Waals surface area contributed by atoms with Crippen molar-refractivity contribution in [3.63, 3.8) is 0 Å². The number of nitrogens with zero attached hydrogens (tertiary/aromatic N) is 3. The molecule has 0 fully saturated rings. The van der Waals surface area contributed by atoms with Crippen LogP contribution in [0.2, 0.25) is 0 Å². The van der Waals surface area contributed by atoms with E-state index in [0.29, 0.717) is 22.9 Å². The van der Waals surface area contributed by atoms with Gasteiger partial charge in [0.2, 0.25) is 0 Å². The van der Waals surface area contributed by atoms with Crippen molar-refractivity contribution in [3.8, 4) is 23.3 Å². The number of nitriles is 1. The molecule has 2 aromatic carbocycles. The fourth-order valence-corrected chi connectivity index (χ4v) is 3.92. The molecule has 0 unspecified atom stereocenters. The first-order valence-corrected chi connectivity index (χ1v) is 9.29. The molecule has 2 atom stereocenters. The molecular weight excluding hydrogens is 352 g/mol. The molecule has 0 radical (unpaired) electrons. The maximum atomic E-state index is 9.17. The van der Waals surface area contributed by atoms with Crippen LogP contribution >= 0.6 is 0 Å². The van der Waals surface area contributed by atoms with E-state index in [4.69, 9.17) is 9.15 Å². The summed E-state index contributed by atoms with van der Waals surface area (Å²) in [6, 6.07) is 14.0. The van der Waals surface area contributed by atoms with Crippen LogP contribution in [0, 0.1) is 17.2 Å². The molecule has 5 rings (SSSR count). The highest BCUT2D eigenvalue weighted by molar-refractivity contribution is 5.92. The summed E-state index contributed by atoms with van der Waals surface area (Å²) in [6.07, 6.45) is 5.00. The Morgan fingerprint density at radius 2 is 2.18 bits per heavy atom. The van der Waals surface area contributed by atoms with Gasteiger partial charge in [0.25, 0.3) is 0 Å². The maximum absolute atomic E-state index is 9.17. The smallest absolute Gasteiger partial charge is 0.181 e. The Labute approximate surface area is 161 Å². The maximum Gasteiger partial charge on any atom is 0.181 e. The van der Waals surface area contributed by atoms with E-state index in [2.05, 4.69) is 28.2 Å². The summed E-state index contributed by atoms with van der Waals surface area (Å²) >= 11 is 0. The highest BCUT2D eigenvalue weighted by atomic mass is 16.5. The molecular formula is C22H18N4O2. The number of hydrogen-bond acceptors (Lipinski definition) is 5. The van der Waals surface area contributed by atoms with Crippen molar-refractivity contribution in [2.45, 2.75) is 25.9 Å². The predicted molar refractivity (Wildman–Crippen MR) is 104 cm³/mol. The summed E-state index contributed by atoms with van der Waals surface area (Å²) < 4.78 is 11.8. The number of hydrogen-bond donors (Lipinski definition) is 1. The fourth-order valence-electron chi connectivity index (χ4n) is 3.92. The first-order valence-electron chi connectivity index (χ1n) is 9.29. The second-order valence-corrected chi connectivity index (χ2v) is 7.23. The number of fused-ring (bicyclic) bond motifs is 2. The lowest BCUT2D eigenvalue weighted by Crippen LogP contribution is -2.23. The van der Waals surface area contributed by atoms with Crippen LogP contribution in [0.1, 0.15) is 36.1 Å². The average molecular weight is 370 g/mol. The number of aromatic amines is 1. The standard InChI is InChI=1S/C22H18N4O2/c1-13-2-4-15-8-14(10-23)3-6-17(15)22(13)28-16-5-7-19-18(9-16)21(26-25-19)20-11-24-12-27-20/h3,5-9,11-13,22H,2,4H2,1H3,(H,25,26)/t13-,22+/m0/s1. The summed E-state index contributed by atoms with van der Waals surface area (Å²) in [5, 5.41) is 17.5. The summed E-state index contributed by atoms with van der Waals surface area (Å²) in [6.45, 7) is 2.21. The molecule has 1 N–H and O–H groups in total. The molecule has 1 aliphatic carbocycles. The lowest BCUT2D eigenvalue weighted by molar-refractivity contribution is 0.129. The topological polar surface area (TPSA) is 87.7 Å². The van der Waals surface area contributed by atoms with Crippen LogP contribution in [-0.4, -0.2) is 15.2 Å². The van der Waals surface area contributed by atoms with Gasteiger partial charge >= 0.3 is 0 Å². The number of oxazole rings is 1.